The molecule has 16 heavy (non-hydrogen) atoms. The lowest BCUT2D eigenvalue weighted by Crippen LogP contribution is -2.25. The molecule has 0 amide bonds. The number of nitrogens with one attached hydrogen (secondary N) is 1. The first kappa shape index (κ1) is 13.5. The second-order valence-electron chi connectivity index (χ2n) is 4.36. The zero-order chi connectivity index (χ0) is 12.0. The monoisotopic (exact) mass is 239 g/mol. The maximum atomic E-state index is 5.87. The van der Waals surface area contributed by atoms with Gasteiger partial charge in [0.15, 0.2) is 0 Å². The van der Waals surface area contributed by atoms with E-state index in [0.717, 1.165) is 17.5 Å². The molecule has 2 heteroatoms. The molecule has 1 atom stereocenters. The molecular formula is C14H22ClN. The van der Waals surface area contributed by atoms with Crippen molar-refractivity contribution in [2.24, 2.45) is 5.92 Å². The Balaban J connectivity index is 2.46. The lowest BCUT2D eigenvalue weighted by Gasteiger charge is -2.18. The highest BCUT2D eigenvalue weighted by molar-refractivity contribution is 6.30. The Morgan fingerprint density at radius 1 is 1.12 bits per heavy atom. The van der Waals surface area contributed by atoms with E-state index >= 15 is 0 Å². The van der Waals surface area contributed by atoms with Crippen LogP contribution in [0.1, 0.15) is 45.2 Å². The fraction of sp³-hybridized carbons (Fsp3) is 0.571. The van der Waals surface area contributed by atoms with Crippen molar-refractivity contribution < 1.29 is 0 Å². The Kier molecular flexibility index (Phi) is 5.86. The van der Waals surface area contributed by atoms with Crippen LogP contribution < -0.4 is 5.32 Å². The van der Waals surface area contributed by atoms with Crippen LogP contribution in [0.4, 0.5) is 0 Å². The van der Waals surface area contributed by atoms with Crippen molar-refractivity contribution in [3.63, 3.8) is 0 Å². The number of halogens is 1. The van der Waals surface area contributed by atoms with E-state index < -0.39 is 0 Å². The minimum atomic E-state index is 0.401. The third-order valence-corrected chi connectivity index (χ3v) is 3.49. The zero-order valence-electron chi connectivity index (χ0n) is 10.5. The quantitative estimate of drug-likeness (QED) is 0.775. The van der Waals surface area contributed by atoms with Gasteiger partial charge in [-0.3, -0.25) is 0 Å². The van der Waals surface area contributed by atoms with Crippen molar-refractivity contribution in [3.05, 3.63) is 34.9 Å². The molecule has 0 heterocycles. The fourth-order valence-electron chi connectivity index (χ4n) is 1.79. The van der Waals surface area contributed by atoms with Crippen molar-refractivity contribution in [2.45, 2.75) is 39.7 Å². The minimum absolute atomic E-state index is 0.401. The summed E-state index contributed by atoms with van der Waals surface area (Å²) < 4.78 is 0. The van der Waals surface area contributed by atoms with Gasteiger partial charge in [0.25, 0.3) is 0 Å². The maximum Gasteiger partial charge on any atom is 0.0406 e. The third kappa shape index (κ3) is 4.15. The number of rotatable bonds is 6. The first-order chi connectivity index (χ1) is 7.67. The van der Waals surface area contributed by atoms with Gasteiger partial charge in [-0.2, -0.15) is 0 Å². The average molecular weight is 240 g/mol. The van der Waals surface area contributed by atoms with E-state index in [1.54, 1.807) is 0 Å². The van der Waals surface area contributed by atoms with E-state index in [2.05, 4.69) is 38.2 Å². The Morgan fingerprint density at radius 2 is 1.69 bits per heavy atom. The van der Waals surface area contributed by atoms with Crippen LogP contribution in [0.15, 0.2) is 24.3 Å². The molecule has 0 aromatic heterocycles. The molecule has 0 saturated heterocycles. The molecule has 0 aliphatic rings. The van der Waals surface area contributed by atoms with Crippen LogP contribution in [0.5, 0.6) is 0 Å². The summed E-state index contributed by atoms with van der Waals surface area (Å²) in [5.74, 6) is 0.787. The topological polar surface area (TPSA) is 12.0 Å². The van der Waals surface area contributed by atoms with Crippen LogP contribution >= 0.6 is 11.6 Å². The summed E-state index contributed by atoms with van der Waals surface area (Å²) in [6.45, 7) is 7.80. The molecule has 0 spiro atoms. The van der Waals surface area contributed by atoms with Crippen molar-refractivity contribution >= 4 is 11.6 Å². The molecule has 0 saturated carbocycles. The van der Waals surface area contributed by atoms with Crippen molar-refractivity contribution in [3.8, 4) is 0 Å². The standard InChI is InChI=1S/C14H22ClN/c1-4-12(5-2)10-16-11(3)13-6-8-14(15)9-7-13/h6-9,11-12,16H,4-5,10H2,1-3H3. The Labute approximate surface area is 104 Å². The fourth-order valence-corrected chi connectivity index (χ4v) is 1.92. The molecule has 1 rings (SSSR count). The first-order valence-corrected chi connectivity index (χ1v) is 6.54. The van der Waals surface area contributed by atoms with Gasteiger partial charge in [-0.25, -0.2) is 0 Å². The molecule has 1 aromatic rings. The molecule has 1 nitrogen and oxygen atoms in total. The second kappa shape index (κ2) is 6.93. The number of hydrogen-bond acceptors (Lipinski definition) is 1. The predicted molar refractivity (Wildman–Crippen MR) is 71.9 cm³/mol. The molecule has 0 aliphatic heterocycles. The molecular weight excluding hydrogens is 218 g/mol. The zero-order valence-corrected chi connectivity index (χ0v) is 11.2. The summed E-state index contributed by atoms with van der Waals surface area (Å²) in [5, 5.41) is 4.38. The summed E-state index contributed by atoms with van der Waals surface area (Å²) in [5.41, 5.74) is 1.30. The molecule has 0 fully saturated rings. The molecule has 1 unspecified atom stereocenters. The minimum Gasteiger partial charge on any atom is -0.310 e. The summed E-state index contributed by atoms with van der Waals surface area (Å²) in [4.78, 5) is 0. The average Bonchev–Trinajstić information content (AvgIpc) is 2.31. The van der Waals surface area contributed by atoms with E-state index in [0.29, 0.717) is 6.04 Å². The second-order valence-corrected chi connectivity index (χ2v) is 4.80. The van der Waals surface area contributed by atoms with E-state index in [1.165, 1.54) is 18.4 Å². The SMILES string of the molecule is CCC(CC)CNC(C)c1ccc(Cl)cc1. The Hall–Kier alpha value is -0.530. The van der Waals surface area contributed by atoms with Crippen LogP contribution in [0, 0.1) is 5.92 Å². The van der Waals surface area contributed by atoms with Crippen LogP contribution in [-0.4, -0.2) is 6.54 Å². The van der Waals surface area contributed by atoms with Gasteiger partial charge in [0, 0.05) is 11.1 Å². The van der Waals surface area contributed by atoms with Gasteiger partial charge in [0.05, 0.1) is 0 Å². The molecule has 1 aromatic carbocycles. The summed E-state index contributed by atoms with van der Waals surface area (Å²) >= 11 is 5.87. The summed E-state index contributed by atoms with van der Waals surface area (Å²) in [6, 6.07) is 8.48. The maximum absolute atomic E-state index is 5.87. The van der Waals surface area contributed by atoms with E-state index in [1.807, 2.05) is 12.1 Å². The highest BCUT2D eigenvalue weighted by Crippen LogP contribution is 2.16. The number of benzene rings is 1. The van der Waals surface area contributed by atoms with Crippen molar-refractivity contribution in [2.75, 3.05) is 6.54 Å². The Morgan fingerprint density at radius 3 is 2.19 bits per heavy atom. The van der Waals surface area contributed by atoms with Crippen LogP contribution in [0.2, 0.25) is 5.02 Å². The van der Waals surface area contributed by atoms with E-state index in [-0.39, 0.29) is 0 Å². The smallest absolute Gasteiger partial charge is 0.0406 e. The van der Waals surface area contributed by atoms with Gasteiger partial charge in [-0.15, -0.1) is 0 Å². The van der Waals surface area contributed by atoms with Gasteiger partial charge >= 0.3 is 0 Å². The molecule has 0 radical (unpaired) electrons. The first-order valence-electron chi connectivity index (χ1n) is 6.16. The van der Waals surface area contributed by atoms with Crippen LogP contribution in [0.25, 0.3) is 0 Å². The van der Waals surface area contributed by atoms with Gasteiger partial charge in [0.1, 0.15) is 0 Å². The van der Waals surface area contributed by atoms with Crippen molar-refractivity contribution in [1.82, 2.24) is 5.32 Å². The molecule has 0 bridgehead atoms. The van der Waals surface area contributed by atoms with Crippen LogP contribution in [-0.2, 0) is 0 Å². The number of hydrogen-bond donors (Lipinski definition) is 1. The largest absolute Gasteiger partial charge is 0.310 e. The predicted octanol–water partition coefficient (Wildman–Crippen LogP) is 4.43. The van der Waals surface area contributed by atoms with Gasteiger partial charge in [-0.1, -0.05) is 50.4 Å². The van der Waals surface area contributed by atoms with E-state index in [9.17, 15) is 0 Å². The molecule has 90 valence electrons. The lowest BCUT2D eigenvalue weighted by atomic mass is 10.0. The van der Waals surface area contributed by atoms with Gasteiger partial charge in [0.2, 0.25) is 0 Å². The normalized spacial score (nSPS) is 13.1. The molecule has 1 N–H and O–H groups in total. The van der Waals surface area contributed by atoms with Crippen molar-refractivity contribution in [1.29, 1.82) is 0 Å². The van der Waals surface area contributed by atoms with Crippen LogP contribution in [0.3, 0.4) is 0 Å². The third-order valence-electron chi connectivity index (χ3n) is 3.24. The van der Waals surface area contributed by atoms with E-state index in [4.69, 9.17) is 11.6 Å². The summed E-state index contributed by atoms with van der Waals surface area (Å²) in [7, 11) is 0. The summed E-state index contributed by atoms with van der Waals surface area (Å²) in [6.07, 6.45) is 2.49. The van der Waals surface area contributed by atoms with Gasteiger partial charge < -0.3 is 5.32 Å². The van der Waals surface area contributed by atoms with Gasteiger partial charge in [-0.05, 0) is 37.1 Å². The highest BCUT2D eigenvalue weighted by Gasteiger charge is 2.07. The molecule has 0 aliphatic carbocycles. The highest BCUT2D eigenvalue weighted by atomic mass is 35.5. The lowest BCUT2D eigenvalue weighted by molar-refractivity contribution is 0.422. The Bertz CT molecular complexity index is 290.